The molecule has 4 aromatic rings. The van der Waals surface area contributed by atoms with Crippen LogP contribution in [0.25, 0.3) is 0 Å². The number of nitrogens with one attached hydrogen (secondary N) is 2. The first-order chi connectivity index (χ1) is 17.7. The second-order valence-electron chi connectivity index (χ2n) is 9.19. The summed E-state index contributed by atoms with van der Waals surface area (Å²) in [4.78, 5) is 10.9. The van der Waals surface area contributed by atoms with Crippen LogP contribution in [0, 0.1) is 13.8 Å². The summed E-state index contributed by atoms with van der Waals surface area (Å²) < 4.78 is 28.2. The van der Waals surface area contributed by atoms with Crippen LogP contribution in [0.1, 0.15) is 40.3 Å². The summed E-state index contributed by atoms with van der Waals surface area (Å²) in [6.07, 6.45) is 6.55. The lowest BCUT2D eigenvalue weighted by atomic mass is 9.96. The van der Waals surface area contributed by atoms with Crippen molar-refractivity contribution in [2.75, 3.05) is 15.9 Å². The highest BCUT2D eigenvalue weighted by Gasteiger charge is 2.42. The van der Waals surface area contributed by atoms with Crippen molar-refractivity contribution in [1.29, 1.82) is 0 Å². The van der Waals surface area contributed by atoms with E-state index in [2.05, 4.69) is 49.4 Å². The summed E-state index contributed by atoms with van der Waals surface area (Å²) >= 11 is 5.85. The summed E-state index contributed by atoms with van der Waals surface area (Å²) in [6.45, 7) is 4.99. The number of hydrogen-bond donors (Lipinski definition) is 2. The Morgan fingerprint density at radius 1 is 1.03 bits per heavy atom. The van der Waals surface area contributed by atoms with Crippen molar-refractivity contribution >= 4 is 38.7 Å². The standard InChI is InChI=1S/C27H28N6O2S2/c1-18-16-23(19(2)32(18)17-20-11-14-28-15-12-20)26-25(24-6-4-5-13-29-24)30-27(36)33(26)22-9-7-21(8-10-22)31-37(3,34)35/h4-16,25-26,31H,17H2,1-3H3,(H,30,36)/t25-,26+/m1/s1. The molecular weight excluding hydrogens is 504 g/mol. The van der Waals surface area contributed by atoms with Crippen LogP contribution >= 0.6 is 12.2 Å². The van der Waals surface area contributed by atoms with Crippen LogP contribution in [-0.4, -0.2) is 34.3 Å². The molecule has 1 saturated heterocycles. The molecule has 1 aliphatic rings. The van der Waals surface area contributed by atoms with E-state index in [1.54, 1.807) is 18.3 Å². The molecule has 2 atom stereocenters. The van der Waals surface area contributed by atoms with Crippen LogP contribution in [0.5, 0.6) is 0 Å². The Hall–Kier alpha value is -3.76. The molecule has 1 fully saturated rings. The van der Waals surface area contributed by atoms with Crippen molar-refractivity contribution in [1.82, 2.24) is 19.9 Å². The molecule has 37 heavy (non-hydrogen) atoms. The minimum absolute atomic E-state index is 0.159. The van der Waals surface area contributed by atoms with Gasteiger partial charge in [-0.2, -0.15) is 0 Å². The number of aryl methyl sites for hydroxylation is 1. The Labute approximate surface area is 222 Å². The molecule has 0 bridgehead atoms. The second-order valence-corrected chi connectivity index (χ2v) is 11.3. The number of benzene rings is 1. The number of sulfonamides is 1. The Bertz CT molecular complexity index is 1520. The van der Waals surface area contributed by atoms with E-state index in [-0.39, 0.29) is 12.1 Å². The van der Waals surface area contributed by atoms with Gasteiger partial charge < -0.3 is 14.8 Å². The van der Waals surface area contributed by atoms with E-state index < -0.39 is 10.0 Å². The lowest BCUT2D eigenvalue weighted by Gasteiger charge is -2.28. The van der Waals surface area contributed by atoms with E-state index >= 15 is 0 Å². The van der Waals surface area contributed by atoms with E-state index in [1.807, 2.05) is 54.9 Å². The molecule has 0 saturated carbocycles. The van der Waals surface area contributed by atoms with Crippen molar-refractivity contribution in [2.45, 2.75) is 32.5 Å². The average molecular weight is 533 g/mol. The van der Waals surface area contributed by atoms with Crippen LogP contribution in [0.2, 0.25) is 0 Å². The summed E-state index contributed by atoms with van der Waals surface area (Å²) in [5.41, 5.74) is 6.87. The Balaban J connectivity index is 1.58. The maximum absolute atomic E-state index is 11.7. The first-order valence-electron chi connectivity index (χ1n) is 11.9. The third-order valence-corrected chi connectivity index (χ3v) is 7.49. The number of anilines is 2. The fourth-order valence-electron chi connectivity index (χ4n) is 4.89. The first kappa shape index (κ1) is 24.9. The molecule has 190 valence electrons. The number of thiocarbonyl (C=S) groups is 1. The van der Waals surface area contributed by atoms with E-state index in [0.29, 0.717) is 10.8 Å². The van der Waals surface area contributed by atoms with Crippen LogP contribution < -0.4 is 14.9 Å². The molecule has 1 aromatic carbocycles. The van der Waals surface area contributed by atoms with E-state index in [0.717, 1.165) is 41.1 Å². The Morgan fingerprint density at radius 3 is 2.41 bits per heavy atom. The van der Waals surface area contributed by atoms with Gasteiger partial charge in [0.2, 0.25) is 10.0 Å². The zero-order valence-corrected chi connectivity index (χ0v) is 22.4. The van der Waals surface area contributed by atoms with Crippen molar-refractivity contribution in [2.24, 2.45) is 0 Å². The lowest BCUT2D eigenvalue weighted by molar-refractivity contribution is 0.563. The fourth-order valence-corrected chi connectivity index (χ4v) is 5.80. The quantitative estimate of drug-likeness (QED) is 0.339. The summed E-state index contributed by atoms with van der Waals surface area (Å²) in [7, 11) is -3.37. The number of pyridine rings is 2. The van der Waals surface area contributed by atoms with Gasteiger partial charge >= 0.3 is 0 Å². The SMILES string of the molecule is Cc1cc([C@H]2[C@@H](c3ccccn3)NC(=S)N2c2ccc(NS(C)(=O)=O)cc2)c(C)n1Cc1ccncc1. The maximum atomic E-state index is 11.7. The molecule has 10 heteroatoms. The third kappa shape index (κ3) is 5.21. The van der Waals surface area contributed by atoms with Crippen molar-refractivity contribution in [3.8, 4) is 0 Å². The van der Waals surface area contributed by atoms with Gasteiger partial charge in [0.1, 0.15) is 0 Å². The summed E-state index contributed by atoms with van der Waals surface area (Å²) in [5.74, 6) is 0. The van der Waals surface area contributed by atoms with Gasteiger partial charge in [-0.05, 0) is 91.8 Å². The number of nitrogens with zero attached hydrogens (tertiary/aromatic N) is 4. The van der Waals surface area contributed by atoms with Crippen LogP contribution in [0.4, 0.5) is 11.4 Å². The maximum Gasteiger partial charge on any atom is 0.229 e. The predicted octanol–water partition coefficient (Wildman–Crippen LogP) is 4.49. The molecular formula is C27H28N6O2S2. The summed E-state index contributed by atoms with van der Waals surface area (Å²) in [6, 6.07) is 19.1. The molecule has 0 amide bonds. The zero-order valence-electron chi connectivity index (χ0n) is 20.8. The molecule has 5 rings (SSSR count). The fraction of sp³-hybridized carbons (Fsp3) is 0.222. The van der Waals surface area contributed by atoms with Crippen molar-refractivity contribution in [3.63, 3.8) is 0 Å². The molecule has 0 spiro atoms. The number of rotatable bonds is 7. The highest BCUT2D eigenvalue weighted by Crippen LogP contribution is 2.43. The van der Waals surface area contributed by atoms with Crippen molar-refractivity contribution < 1.29 is 8.42 Å². The van der Waals surface area contributed by atoms with Gasteiger partial charge in [-0.15, -0.1) is 0 Å². The van der Waals surface area contributed by atoms with Gasteiger partial charge in [-0.1, -0.05) is 6.07 Å². The topological polar surface area (TPSA) is 92.2 Å². The molecule has 4 heterocycles. The highest BCUT2D eigenvalue weighted by atomic mass is 32.2. The molecule has 3 aromatic heterocycles. The molecule has 1 aliphatic heterocycles. The van der Waals surface area contributed by atoms with Gasteiger partial charge in [0, 0.05) is 47.9 Å². The van der Waals surface area contributed by atoms with Crippen molar-refractivity contribution in [3.05, 3.63) is 107 Å². The predicted molar refractivity (Wildman–Crippen MR) is 150 cm³/mol. The molecule has 8 nitrogen and oxygen atoms in total. The monoisotopic (exact) mass is 532 g/mol. The van der Waals surface area contributed by atoms with Gasteiger partial charge in [0.05, 0.1) is 24.0 Å². The molecule has 2 N–H and O–H groups in total. The van der Waals surface area contributed by atoms with Crippen LogP contribution in [0.3, 0.4) is 0 Å². The van der Waals surface area contributed by atoms with Gasteiger partial charge in [-0.3, -0.25) is 14.7 Å². The van der Waals surface area contributed by atoms with E-state index in [9.17, 15) is 8.42 Å². The smallest absolute Gasteiger partial charge is 0.229 e. The number of aromatic nitrogens is 3. The second kappa shape index (κ2) is 9.95. The van der Waals surface area contributed by atoms with Gasteiger partial charge in [-0.25, -0.2) is 8.42 Å². The largest absolute Gasteiger partial charge is 0.351 e. The Kier molecular flexibility index (Phi) is 6.70. The third-order valence-electron chi connectivity index (χ3n) is 6.57. The molecule has 0 unspecified atom stereocenters. The summed E-state index contributed by atoms with van der Waals surface area (Å²) in [5, 5.41) is 4.08. The molecule has 0 radical (unpaired) electrons. The minimum Gasteiger partial charge on any atom is -0.351 e. The lowest BCUT2D eigenvalue weighted by Crippen LogP contribution is -2.29. The van der Waals surface area contributed by atoms with Gasteiger partial charge in [0.25, 0.3) is 0 Å². The average Bonchev–Trinajstić information content (AvgIpc) is 3.36. The van der Waals surface area contributed by atoms with E-state index in [4.69, 9.17) is 12.2 Å². The normalized spacial score (nSPS) is 17.6. The van der Waals surface area contributed by atoms with E-state index in [1.165, 1.54) is 5.56 Å². The Morgan fingerprint density at radius 2 is 1.76 bits per heavy atom. The van der Waals surface area contributed by atoms with Crippen LogP contribution in [-0.2, 0) is 16.6 Å². The van der Waals surface area contributed by atoms with Gasteiger partial charge in [0.15, 0.2) is 5.11 Å². The highest BCUT2D eigenvalue weighted by molar-refractivity contribution is 7.92. The van der Waals surface area contributed by atoms with Crippen LogP contribution in [0.15, 0.2) is 79.3 Å². The minimum atomic E-state index is -3.37. The first-order valence-corrected chi connectivity index (χ1v) is 14.2. The number of hydrogen-bond acceptors (Lipinski definition) is 5. The zero-order chi connectivity index (χ0) is 26.2. The molecule has 0 aliphatic carbocycles.